The summed E-state index contributed by atoms with van der Waals surface area (Å²) in [6.45, 7) is 2.00. The molecule has 2 aromatic carbocycles. The van der Waals surface area contributed by atoms with Crippen LogP contribution in [0.2, 0.25) is 0 Å². The smallest absolute Gasteiger partial charge is 0.173 e. The fraction of sp³-hybridized carbons (Fsp3) is 0.0455. The van der Waals surface area contributed by atoms with E-state index in [1.54, 1.807) is 6.20 Å². The SMILES string of the molecule is Cc1ccnc(Nc2ncnc(NN(c3ccccc3)c3ccccc3)c2N)c1. The number of aryl methyl sites for hydroxylation is 1. The zero-order valence-electron chi connectivity index (χ0n) is 15.9. The molecule has 2 aromatic heterocycles. The van der Waals surface area contributed by atoms with E-state index >= 15 is 0 Å². The Morgan fingerprint density at radius 2 is 1.41 bits per heavy atom. The number of hydrazine groups is 1. The highest BCUT2D eigenvalue weighted by Gasteiger charge is 2.14. The molecular weight excluding hydrogens is 362 g/mol. The molecule has 0 unspecified atom stereocenters. The van der Waals surface area contributed by atoms with Crippen molar-refractivity contribution >= 4 is 34.5 Å². The minimum absolute atomic E-state index is 0.396. The van der Waals surface area contributed by atoms with E-state index in [4.69, 9.17) is 5.73 Å². The molecule has 7 nitrogen and oxygen atoms in total. The average molecular weight is 383 g/mol. The van der Waals surface area contributed by atoms with Gasteiger partial charge in [0.15, 0.2) is 11.6 Å². The Morgan fingerprint density at radius 1 is 0.793 bits per heavy atom. The summed E-state index contributed by atoms with van der Waals surface area (Å²) in [4.78, 5) is 12.9. The molecular formula is C22H21N7. The van der Waals surface area contributed by atoms with Gasteiger partial charge in [-0.15, -0.1) is 0 Å². The first-order chi connectivity index (χ1) is 14.2. The summed E-state index contributed by atoms with van der Waals surface area (Å²) >= 11 is 0. The molecule has 7 heteroatoms. The highest BCUT2D eigenvalue weighted by Crippen LogP contribution is 2.30. The van der Waals surface area contributed by atoms with Gasteiger partial charge in [0.1, 0.15) is 17.8 Å². The third-order valence-corrected chi connectivity index (χ3v) is 4.29. The largest absolute Gasteiger partial charge is 0.393 e. The zero-order valence-corrected chi connectivity index (χ0v) is 15.9. The first-order valence-corrected chi connectivity index (χ1v) is 9.18. The van der Waals surface area contributed by atoms with Crippen LogP contribution in [0.25, 0.3) is 0 Å². The van der Waals surface area contributed by atoms with Gasteiger partial charge in [0.2, 0.25) is 0 Å². The lowest BCUT2D eigenvalue weighted by Crippen LogP contribution is -2.26. The number of nitrogens with one attached hydrogen (secondary N) is 2. The second-order valence-electron chi connectivity index (χ2n) is 6.45. The van der Waals surface area contributed by atoms with E-state index in [0.717, 1.165) is 16.9 Å². The van der Waals surface area contributed by atoms with Crippen LogP contribution in [-0.4, -0.2) is 15.0 Å². The van der Waals surface area contributed by atoms with E-state index in [1.165, 1.54) is 6.33 Å². The van der Waals surface area contributed by atoms with Crippen molar-refractivity contribution in [1.29, 1.82) is 0 Å². The van der Waals surface area contributed by atoms with Gasteiger partial charge in [0, 0.05) is 6.20 Å². The Labute approximate surface area is 169 Å². The van der Waals surface area contributed by atoms with Crippen LogP contribution in [0.3, 0.4) is 0 Å². The summed E-state index contributed by atoms with van der Waals surface area (Å²) in [7, 11) is 0. The maximum atomic E-state index is 6.37. The topological polar surface area (TPSA) is 92.0 Å². The minimum atomic E-state index is 0.396. The van der Waals surface area contributed by atoms with Gasteiger partial charge in [-0.1, -0.05) is 36.4 Å². The predicted molar refractivity (Wildman–Crippen MR) is 117 cm³/mol. The summed E-state index contributed by atoms with van der Waals surface area (Å²) < 4.78 is 0. The van der Waals surface area contributed by atoms with E-state index in [-0.39, 0.29) is 0 Å². The fourth-order valence-electron chi connectivity index (χ4n) is 2.85. The number of hydrogen-bond acceptors (Lipinski definition) is 7. The number of nitrogens with zero attached hydrogens (tertiary/aromatic N) is 4. The van der Waals surface area contributed by atoms with Crippen molar-refractivity contribution in [3.63, 3.8) is 0 Å². The van der Waals surface area contributed by atoms with Gasteiger partial charge >= 0.3 is 0 Å². The standard InChI is InChI=1S/C22H21N7/c1-16-12-13-24-19(14-16)27-21-20(23)22(26-15-25-21)28-29(17-8-4-2-5-9-17)18-10-6-3-7-11-18/h2-15H,23H2,1H3,(H2,24,25,26,27,28). The monoisotopic (exact) mass is 383 g/mol. The molecule has 144 valence electrons. The molecule has 4 aromatic rings. The quantitative estimate of drug-likeness (QED) is 0.417. The average Bonchev–Trinajstić information content (AvgIpc) is 2.76. The van der Waals surface area contributed by atoms with Crippen LogP contribution in [0.1, 0.15) is 5.56 Å². The van der Waals surface area contributed by atoms with Crippen molar-refractivity contribution in [2.75, 3.05) is 21.5 Å². The van der Waals surface area contributed by atoms with Crippen LogP contribution >= 0.6 is 0 Å². The third kappa shape index (κ3) is 4.24. The second-order valence-corrected chi connectivity index (χ2v) is 6.45. The lowest BCUT2D eigenvalue weighted by Gasteiger charge is -2.26. The molecule has 0 amide bonds. The van der Waals surface area contributed by atoms with Gasteiger partial charge in [-0.3, -0.25) is 10.4 Å². The Balaban J connectivity index is 1.66. The number of pyridine rings is 1. The second kappa shape index (κ2) is 8.26. The summed E-state index contributed by atoms with van der Waals surface area (Å²) in [6.07, 6.45) is 3.20. The number of para-hydroxylation sites is 2. The van der Waals surface area contributed by atoms with Gasteiger partial charge in [-0.2, -0.15) is 0 Å². The number of benzene rings is 2. The number of hydrogen-bond donors (Lipinski definition) is 3. The molecule has 2 heterocycles. The molecule has 0 bridgehead atoms. The van der Waals surface area contributed by atoms with Crippen LogP contribution in [0.4, 0.5) is 34.5 Å². The normalized spacial score (nSPS) is 10.4. The molecule has 0 saturated carbocycles. The van der Waals surface area contributed by atoms with Crippen LogP contribution < -0.4 is 21.5 Å². The molecule has 0 atom stereocenters. The molecule has 0 aliphatic heterocycles. The van der Waals surface area contributed by atoms with Crippen LogP contribution in [0.15, 0.2) is 85.3 Å². The Kier molecular flexibility index (Phi) is 5.20. The maximum absolute atomic E-state index is 6.37. The number of nitrogens with two attached hydrogens (primary N) is 1. The lowest BCUT2D eigenvalue weighted by atomic mass is 10.2. The number of aromatic nitrogens is 3. The van der Waals surface area contributed by atoms with Crippen LogP contribution in [0, 0.1) is 6.92 Å². The van der Waals surface area contributed by atoms with Gasteiger partial charge < -0.3 is 11.1 Å². The summed E-state index contributed by atoms with van der Waals surface area (Å²) in [6, 6.07) is 23.7. The van der Waals surface area contributed by atoms with Crippen molar-refractivity contribution in [3.8, 4) is 0 Å². The molecule has 29 heavy (non-hydrogen) atoms. The molecule has 0 aliphatic rings. The van der Waals surface area contributed by atoms with Gasteiger partial charge in [0.25, 0.3) is 0 Å². The Hall–Kier alpha value is -4.13. The predicted octanol–water partition coefficient (Wildman–Crippen LogP) is 4.67. The molecule has 0 radical (unpaired) electrons. The highest BCUT2D eigenvalue weighted by atomic mass is 15.5. The number of anilines is 6. The van der Waals surface area contributed by atoms with Gasteiger partial charge in [-0.05, 0) is 48.9 Å². The highest BCUT2D eigenvalue weighted by molar-refractivity contribution is 5.79. The van der Waals surface area contributed by atoms with Crippen molar-refractivity contribution < 1.29 is 0 Å². The molecule has 4 rings (SSSR count). The van der Waals surface area contributed by atoms with Crippen molar-refractivity contribution in [3.05, 3.63) is 90.9 Å². The third-order valence-electron chi connectivity index (χ3n) is 4.29. The fourth-order valence-corrected chi connectivity index (χ4v) is 2.85. The van der Waals surface area contributed by atoms with Crippen molar-refractivity contribution in [2.45, 2.75) is 6.92 Å². The molecule has 0 fully saturated rings. The van der Waals surface area contributed by atoms with E-state index in [1.807, 2.05) is 84.7 Å². The molecule has 0 aliphatic carbocycles. The van der Waals surface area contributed by atoms with E-state index in [9.17, 15) is 0 Å². The number of nitrogen functional groups attached to an aromatic ring is 1. The Bertz CT molecular complexity index is 1050. The molecule has 4 N–H and O–H groups in total. The van der Waals surface area contributed by atoms with E-state index < -0.39 is 0 Å². The van der Waals surface area contributed by atoms with Gasteiger partial charge in [0.05, 0.1) is 11.4 Å². The Morgan fingerprint density at radius 3 is 2.03 bits per heavy atom. The maximum Gasteiger partial charge on any atom is 0.173 e. The minimum Gasteiger partial charge on any atom is -0.393 e. The lowest BCUT2D eigenvalue weighted by molar-refractivity contribution is 1.09. The summed E-state index contributed by atoms with van der Waals surface area (Å²) in [5, 5.41) is 5.08. The van der Waals surface area contributed by atoms with E-state index in [2.05, 4.69) is 25.7 Å². The van der Waals surface area contributed by atoms with Crippen LogP contribution in [-0.2, 0) is 0 Å². The zero-order chi connectivity index (χ0) is 20.1. The first-order valence-electron chi connectivity index (χ1n) is 9.18. The van der Waals surface area contributed by atoms with E-state index in [0.29, 0.717) is 23.1 Å². The summed E-state index contributed by atoms with van der Waals surface area (Å²) in [5.41, 5.74) is 13.1. The summed E-state index contributed by atoms with van der Waals surface area (Å²) in [5.74, 6) is 1.65. The number of rotatable bonds is 6. The van der Waals surface area contributed by atoms with Crippen molar-refractivity contribution in [2.24, 2.45) is 0 Å². The first kappa shape index (κ1) is 18.2. The van der Waals surface area contributed by atoms with Crippen LogP contribution in [0.5, 0.6) is 0 Å². The molecule has 0 spiro atoms. The van der Waals surface area contributed by atoms with Crippen molar-refractivity contribution in [1.82, 2.24) is 15.0 Å². The molecule has 0 saturated heterocycles. The van der Waals surface area contributed by atoms with Gasteiger partial charge in [-0.25, -0.2) is 15.0 Å².